The average molecular weight is 268 g/mol. The third-order valence-electron chi connectivity index (χ3n) is 2.37. The quantitative estimate of drug-likeness (QED) is 0.871. The van der Waals surface area contributed by atoms with Crippen LogP contribution in [-0.2, 0) is 0 Å². The van der Waals surface area contributed by atoms with Crippen molar-refractivity contribution < 1.29 is 9.90 Å². The van der Waals surface area contributed by atoms with E-state index in [2.05, 4.69) is 17.2 Å². The molecule has 0 aliphatic rings. The molecule has 6 heteroatoms. The summed E-state index contributed by atoms with van der Waals surface area (Å²) >= 11 is 2.99. The van der Waals surface area contributed by atoms with E-state index in [0.717, 1.165) is 6.42 Å². The molecule has 0 saturated heterocycles. The third kappa shape index (κ3) is 2.65. The molecule has 0 bridgehead atoms. The fourth-order valence-corrected chi connectivity index (χ4v) is 3.11. The highest BCUT2D eigenvalue weighted by Gasteiger charge is 2.17. The summed E-state index contributed by atoms with van der Waals surface area (Å²) in [5.41, 5.74) is 1.65. The largest absolute Gasteiger partial charge is 0.476 e. The van der Waals surface area contributed by atoms with Crippen molar-refractivity contribution in [2.75, 3.05) is 5.32 Å². The van der Waals surface area contributed by atoms with Crippen LogP contribution in [0.2, 0.25) is 0 Å². The van der Waals surface area contributed by atoms with Gasteiger partial charge in [-0.15, -0.1) is 22.7 Å². The zero-order valence-corrected chi connectivity index (χ0v) is 10.8. The van der Waals surface area contributed by atoms with Gasteiger partial charge in [-0.1, -0.05) is 13.0 Å². The Kier molecular flexibility index (Phi) is 3.75. The summed E-state index contributed by atoms with van der Waals surface area (Å²) in [5, 5.41) is 14.9. The Bertz CT molecular complexity index is 493. The maximum atomic E-state index is 10.9. The molecule has 2 heterocycles. The number of carboxylic acids is 1. The number of thiazole rings is 1. The number of hydrogen-bond acceptors (Lipinski definition) is 5. The van der Waals surface area contributed by atoms with Crippen LogP contribution in [0.25, 0.3) is 0 Å². The van der Waals surface area contributed by atoms with Gasteiger partial charge in [0.15, 0.2) is 5.69 Å². The Morgan fingerprint density at radius 3 is 3.00 bits per heavy atom. The molecule has 2 aromatic rings. The molecule has 0 spiro atoms. The van der Waals surface area contributed by atoms with Crippen molar-refractivity contribution >= 4 is 33.6 Å². The summed E-state index contributed by atoms with van der Waals surface area (Å²) in [5.74, 6) is -0.991. The van der Waals surface area contributed by atoms with Gasteiger partial charge in [-0.05, 0) is 17.9 Å². The number of carbonyl (C=O) groups is 1. The highest BCUT2D eigenvalue weighted by atomic mass is 32.1. The molecule has 4 nitrogen and oxygen atoms in total. The summed E-state index contributed by atoms with van der Waals surface area (Å²) in [4.78, 5) is 16.0. The molecule has 0 aliphatic heterocycles. The van der Waals surface area contributed by atoms with Crippen molar-refractivity contribution in [3.8, 4) is 0 Å². The number of carboxylic acid groups (broad SMARTS) is 1. The lowest BCUT2D eigenvalue weighted by molar-refractivity contribution is 0.0692. The van der Waals surface area contributed by atoms with E-state index in [1.54, 1.807) is 16.8 Å². The highest BCUT2D eigenvalue weighted by Crippen LogP contribution is 2.29. The Hall–Kier alpha value is -1.40. The first-order valence-corrected chi connectivity index (χ1v) is 6.95. The molecular formula is C11H12N2O2S2. The Balaban J connectivity index is 2.19. The third-order valence-corrected chi connectivity index (χ3v) is 4.11. The zero-order chi connectivity index (χ0) is 12.3. The Labute approximate surface area is 107 Å². The second-order valence-electron chi connectivity index (χ2n) is 3.46. The van der Waals surface area contributed by atoms with E-state index >= 15 is 0 Å². The Morgan fingerprint density at radius 2 is 2.41 bits per heavy atom. The van der Waals surface area contributed by atoms with Gasteiger partial charge < -0.3 is 10.4 Å². The number of aromatic nitrogens is 1. The first-order chi connectivity index (χ1) is 8.22. The predicted molar refractivity (Wildman–Crippen MR) is 70.0 cm³/mol. The molecule has 1 unspecified atom stereocenters. The van der Waals surface area contributed by atoms with Gasteiger partial charge in [-0.3, -0.25) is 0 Å². The van der Waals surface area contributed by atoms with Crippen LogP contribution < -0.4 is 5.32 Å². The molecule has 2 aromatic heterocycles. The summed E-state index contributed by atoms with van der Waals surface area (Å²) in [7, 11) is 0. The molecule has 0 aliphatic carbocycles. The van der Waals surface area contributed by atoms with Crippen molar-refractivity contribution in [1.29, 1.82) is 0 Å². The van der Waals surface area contributed by atoms with Crippen molar-refractivity contribution in [2.45, 2.75) is 19.4 Å². The van der Waals surface area contributed by atoms with E-state index in [9.17, 15) is 4.79 Å². The summed E-state index contributed by atoms with van der Waals surface area (Å²) in [6.07, 6.45) is 0.900. The van der Waals surface area contributed by atoms with Gasteiger partial charge in [0, 0.05) is 4.88 Å². The van der Waals surface area contributed by atoms with Crippen LogP contribution in [0.5, 0.6) is 0 Å². The number of rotatable bonds is 5. The van der Waals surface area contributed by atoms with Crippen LogP contribution in [0, 0.1) is 0 Å². The maximum Gasteiger partial charge on any atom is 0.357 e. The topological polar surface area (TPSA) is 62.2 Å². The number of hydrogen-bond donors (Lipinski definition) is 2. The molecule has 1 atom stereocenters. The second-order valence-corrected chi connectivity index (χ2v) is 5.29. The number of anilines is 1. The fourth-order valence-electron chi connectivity index (χ4n) is 1.52. The minimum Gasteiger partial charge on any atom is -0.476 e. The van der Waals surface area contributed by atoms with Gasteiger partial charge >= 0.3 is 5.97 Å². The molecule has 0 aromatic carbocycles. The molecule has 17 heavy (non-hydrogen) atoms. The van der Waals surface area contributed by atoms with E-state index in [1.165, 1.54) is 16.2 Å². The predicted octanol–water partition coefficient (Wildman–Crippen LogP) is 3.47. The first kappa shape index (κ1) is 12.1. The van der Waals surface area contributed by atoms with Crippen LogP contribution in [0.3, 0.4) is 0 Å². The van der Waals surface area contributed by atoms with Gasteiger partial charge in [0.1, 0.15) is 5.00 Å². The van der Waals surface area contributed by atoms with Gasteiger partial charge in [0.25, 0.3) is 0 Å². The van der Waals surface area contributed by atoms with Crippen LogP contribution in [0.4, 0.5) is 5.00 Å². The molecule has 0 fully saturated rings. The van der Waals surface area contributed by atoms with Crippen LogP contribution in [0.15, 0.2) is 23.0 Å². The molecule has 0 radical (unpaired) electrons. The average Bonchev–Trinajstić information content (AvgIpc) is 2.96. The number of nitrogens with one attached hydrogen (secondary N) is 1. The normalized spacial score (nSPS) is 12.3. The molecule has 90 valence electrons. The molecule has 0 saturated carbocycles. The summed E-state index contributed by atoms with van der Waals surface area (Å²) in [6.45, 7) is 2.07. The lowest BCUT2D eigenvalue weighted by Crippen LogP contribution is -2.10. The SMILES string of the molecule is CCC(Nc1scnc1C(=O)O)c1cccs1. The van der Waals surface area contributed by atoms with Crippen molar-refractivity contribution in [3.05, 3.63) is 33.6 Å². The Morgan fingerprint density at radius 1 is 1.59 bits per heavy atom. The first-order valence-electron chi connectivity index (χ1n) is 5.19. The standard InChI is InChI=1S/C11H12N2O2S2/c1-2-7(8-4-3-5-16-8)13-10-9(11(14)15)12-6-17-10/h3-7,13H,2H2,1H3,(H,14,15). The van der Waals surface area contributed by atoms with Crippen LogP contribution in [-0.4, -0.2) is 16.1 Å². The lowest BCUT2D eigenvalue weighted by atomic mass is 10.2. The van der Waals surface area contributed by atoms with Gasteiger partial charge in [0.2, 0.25) is 0 Å². The smallest absolute Gasteiger partial charge is 0.357 e. The minimum atomic E-state index is -0.991. The van der Waals surface area contributed by atoms with Crippen molar-refractivity contribution in [3.63, 3.8) is 0 Å². The highest BCUT2D eigenvalue weighted by molar-refractivity contribution is 7.14. The van der Waals surface area contributed by atoms with Crippen LogP contribution >= 0.6 is 22.7 Å². The number of thiophene rings is 1. The molecule has 2 N–H and O–H groups in total. The lowest BCUT2D eigenvalue weighted by Gasteiger charge is -2.15. The van der Waals surface area contributed by atoms with Gasteiger partial charge in [-0.2, -0.15) is 0 Å². The van der Waals surface area contributed by atoms with E-state index in [-0.39, 0.29) is 11.7 Å². The number of aromatic carboxylic acids is 1. The summed E-state index contributed by atoms with van der Waals surface area (Å²) in [6, 6.07) is 4.19. The van der Waals surface area contributed by atoms with E-state index in [4.69, 9.17) is 5.11 Å². The maximum absolute atomic E-state index is 10.9. The van der Waals surface area contributed by atoms with Crippen molar-refractivity contribution in [2.24, 2.45) is 0 Å². The molecular weight excluding hydrogens is 256 g/mol. The van der Waals surface area contributed by atoms with E-state index < -0.39 is 5.97 Å². The zero-order valence-electron chi connectivity index (χ0n) is 9.21. The van der Waals surface area contributed by atoms with E-state index in [0.29, 0.717) is 5.00 Å². The minimum absolute atomic E-state index is 0.102. The van der Waals surface area contributed by atoms with Crippen molar-refractivity contribution in [1.82, 2.24) is 4.98 Å². The number of nitrogens with zero attached hydrogens (tertiary/aromatic N) is 1. The monoisotopic (exact) mass is 268 g/mol. The molecule has 0 amide bonds. The fraction of sp³-hybridized carbons (Fsp3) is 0.273. The van der Waals surface area contributed by atoms with Gasteiger partial charge in [0.05, 0.1) is 11.6 Å². The van der Waals surface area contributed by atoms with E-state index in [1.807, 2.05) is 17.5 Å². The second kappa shape index (κ2) is 5.29. The van der Waals surface area contributed by atoms with Gasteiger partial charge in [-0.25, -0.2) is 9.78 Å². The van der Waals surface area contributed by atoms with Crippen LogP contribution in [0.1, 0.15) is 34.8 Å². The molecule has 2 rings (SSSR count). The summed E-state index contributed by atoms with van der Waals surface area (Å²) < 4.78 is 0.